The van der Waals surface area contributed by atoms with Crippen LogP contribution in [0.2, 0.25) is 0 Å². The van der Waals surface area contributed by atoms with Crippen molar-refractivity contribution in [2.45, 2.75) is 355 Å². The van der Waals surface area contributed by atoms with Gasteiger partial charge in [-0.05, 0) is 31.1 Å². The minimum atomic E-state index is -0.761. The molecule has 6 heteroatoms. The summed E-state index contributed by atoms with van der Waals surface area (Å²) < 4.78 is 16.8. The maximum atomic E-state index is 12.8. The summed E-state index contributed by atoms with van der Waals surface area (Å²) in [5, 5.41) is 0. The molecule has 0 aromatic carbocycles. The molecule has 404 valence electrons. The molecule has 0 fully saturated rings. The van der Waals surface area contributed by atoms with Crippen molar-refractivity contribution >= 4 is 17.9 Å². The van der Waals surface area contributed by atoms with Gasteiger partial charge in [-0.2, -0.15) is 0 Å². The van der Waals surface area contributed by atoms with Gasteiger partial charge < -0.3 is 14.2 Å². The van der Waals surface area contributed by atoms with Crippen LogP contribution in [0.4, 0.5) is 0 Å². The Morgan fingerprint density at radius 2 is 0.559 bits per heavy atom. The fourth-order valence-electron chi connectivity index (χ4n) is 9.55. The molecule has 68 heavy (non-hydrogen) atoms. The molecule has 0 heterocycles. The molecule has 0 aliphatic carbocycles. The topological polar surface area (TPSA) is 78.9 Å². The van der Waals surface area contributed by atoms with Crippen LogP contribution in [0.5, 0.6) is 0 Å². The molecule has 0 bridgehead atoms. The molecule has 0 saturated carbocycles. The zero-order chi connectivity index (χ0) is 49.6. The third-order valence-corrected chi connectivity index (χ3v) is 14.6. The average Bonchev–Trinajstić information content (AvgIpc) is 3.32. The lowest BCUT2D eigenvalue weighted by molar-refractivity contribution is -0.167. The monoisotopic (exact) mass is 961 g/mol. The molecule has 0 saturated heterocycles. The minimum absolute atomic E-state index is 0.0627. The van der Waals surface area contributed by atoms with Gasteiger partial charge in [-0.25, -0.2) is 0 Å². The van der Waals surface area contributed by atoms with E-state index in [1.807, 2.05) is 0 Å². The lowest BCUT2D eigenvalue weighted by atomic mass is 9.99. The van der Waals surface area contributed by atoms with Crippen molar-refractivity contribution < 1.29 is 28.6 Å². The standard InChI is InChI=1S/C62H120O6/c1-6-8-9-10-35-42-47-52-60(63)66-55-59(56-67-61(64)53-48-43-38-33-29-25-21-17-13-11-15-19-23-27-31-36-40-45-50-57(3)4)68-62(65)54-49-44-39-34-30-26-22-18-14-12-16-20-24-28-32-37-41-46-51-58(5)7-2/h57-59H,6-56H2,1-5H3/t58?,59-/m0/s1. The Balaban J connectivity index is 4.09. The summed E-state index contributed by atoms with van der Waals surface area (Å²) in [6, 6.07) is 0. The first-order valence-electron chi connectivity index (χ1n) is 30.8. The second-order valence-corrected chi connectivity index (χ2v) is 22.1. The summed E-state index contributed by atoms with van der Waals surface area (Å²) >= 11 is 0. The number of unbranched alkanes of at least 4 members (excludes halogenated alkanes) is 40. The van der Waals surface area contributed by atoms with Gasteiger partial charge in [0.15, 0.2) is 6.10 Å². The zero-order valence-electron chi connectivity index (χ0n) is 46.7. The van der Waals surface area contributed by atoms with E-state index < -0.39 is 6.10 Å². The van der Waals surface area contributed by atoms with Gasteiger partial charge in [0, 0.05) is 19.3 Å². The van der Waals surface area contributed by atoms with Crippen molar-refractivity contribution in [2.24, 2.45) is 11.8 Å². The van der Waals surface area contributed by atoms with Gasteiger partial charge in [0.2, 0.25) is 0 Å². The van der Waals surface area contributed by atoms with E-state index in [9.17, 15) is 14.4 Å². The van der Waals surface area contributed by atoms with Crippen LogP contribution in [0.25, 0.3) is 0 Å². The highest BCUT2D eigenvalue weighted by Crippen LogP contribution is 2.19. The molecular weight excluding hydrogens is 841 g/mol. The quantitative estimate of drug-likeness (QED) is 0.0343. The Morgan fingerprint density at radius 3 is 0.838 bits per heavy atom. The van der Waals surface area contributed by atoms with E-state index in [2.05, 4.69) is 34.6 Å². The fourth-order valence-corrected chi connectivity index (χ4v) is 9.55. The van der Waals surface area contributed by atoms with E-state index in [0.29, 0.717) is 19.3 Å². The van der Waals surface area contributed by atoms with Crippen LogP contribution in [0.1, 0.15) is 349 Å². The summed E-state index contributed by atoms with van der Waals surface area (Å²) in [4.78, 5) is 38.0. The van der Waals surface area contributed by atoms with Gasteiger partial charge in [-0.1, -0.05) is 311 Å². The Morgan fingerprint density at radius 1 is 0.309 bits per heavy atom. The van der Waals surface area contributed by atoms with Crippen molar-refractivity contribution in [1.29, 1.82) is 0 Å². The van der Waals surface area contributed by atoms with Crippen molar-refractivity contribution in [2.75, 3.05) is 13.2 Å². The zero-order valence-corrected chi connectivity index (χ0v) is 46.7. The summed E-state index contributed by atoms with van der Waals surface area (Å²) in [5.41, 5.74) is 0. The van der Waals surface area contributed by atoms with Gasteiger partial charge in [0.05, 0.1) is 0 Å². The highest BCUT2D eigenvalue weighted by atomic mass is 16.6. The summed E-state index contributed by atoms with van der Waals surface area (Å²) in [7, 11) is 0. The van der Waals surface area contributed by atoms with Crippen molar-refractivity contribution in [3.8, 4) is 0 Å². The second kappa shape index (κ2) is 54.7. The second-order valence-electron chi connectivity index (χ2n) is 22.1. The number of hydrogen-bond donors (Lipinski definition) is 0. The average molecular weight is 962 g/mol. The van der Waals surface area contributed by atoms with Gasteiger partial charge in [-0.3, -0.25) is 14.4 Å². The molecule has 6 nitrogen and oxygen atoms in total. The number of rotatable bonds is 56. The first kappa shape index (κ1) is 66.4. The number of ether oxygens (including phenoxy) is 3. The van der Waals surface area contributed by atoms with Crippen LogP contribution < -0.4 is 0 Å². The third kappa shape index (κ3) is 53.8. The highest BCUT2D eigenvalue weighted by molar-refractivity contribution is 5.71. The van der Waals surface area contributed by atoms with Crippen LogP contribution in [-0.4, -0.2) is 37.2 Å². The Kier molecular flexibility index (Phi) is 53.5. The minimum Gasteiger partial charge on any atom is -0.462 e. The third-order valence-electron chi connectivity index (χ3n) is 14.6. The molecule has 0 spiro atoms. The van der Waals surface area contributed by atoms with Crippen molar-refractivity contribution in [3.63, 3.8) is 0 Å². The SMILES string of the molecule is CCCCCCCCCC(=O)OC[C@@H](COC(=O)CCCCCCCCCCCCCCCCCCCCC(C)C)OC(=O)CCCCCCCCCCCCCCCCCCCCC(C)CC. The number of esters is 3. The molecule has 0 radical (unpaired) electrons. The van der Waals surface area contributed by atoms with Crippen LogP contribution >= 0.6 is 0 Å². The molecule has 2 atom stereocenters. The molecule has 0 aliphatic heterocycles. The van der Waals surface area contributed by atoms with Gasteiger partial charge >= 0.3 is 17.9 Å². The number of carbonyl (C=O) groups excluding carboxylic acids is 3. The molecule has 0 rings (SSSR count). The van der Waals surface area contributed by atoms with Crippen LogP contribution in [0.15, 0.2) is 0 Å². The maximum absolute atomic E-state index is 12.8. The predicted molar refractivity (Wildman–Crippen MR) is 293 cm³/mol. The normalized spacial score (nSPS) is 12.4. The van der Waals surface area contributed by atoms with E-state index in [4.69, 9.17) is 14.2 Å². The first-order valence-corrected chi connectivity index (χ1v) is 30.8. The van der Waals surface area contributed by atoms with Crippen molar-refractivity contribution in [3.05, 3.63) is 0 Å². The van der Waals surface area contributed by atoms with Gasteiger partial charge in [0.1, 0.15) is 13.2 Å². The van der Waals surface area contributed by atoms with Crippen LogP contribution in [0.3, 0.4) is 0 Å². The smallest absolute Gasteiger partial charge is 0.306 e. The first-order chi connectivity index (χ1) is 33.3. The molecule has 1 unspecified atom stereocenters. The number of carbonyl (C=O) groups is 3. The lowest BCUT2D eigenvalue weighted by Crippen LogP contribution is -2.30. The van der Waals surface area contributed by atoms with Gasteiger partial charge in [-0.15, -0.1) is 0 Å². The molecule has 0 amide bonds. The number of hydrogen-bond acceptors (Lipinski definition) is 6. The van der Waals surface area contributed by atoms with E-state index in [1.54, 1.807) is 0 Å². The molecule has 0 aromatic heterocycles. The maximum Gasteiger partial charge on any atom is 0.306 e. The molecule has 0 aromatic rings. The molecule has 0 aliphatic rings. The molecule has 0 N–H and O–H groups in total. The summed E-state index contributed by atoms with van der Waals surface area (Å²) in [5.74, 6) is 0.925. The molecular formula is C62H120O6. The van der Waals surface area contributed by atoms with Crippen molar-refractivity contribution in [1.82, 2.24) is 0 Å². The van der Waals surface area contributed by atoms with E-state index in [1.165, 1.54) is 238 Å². The van der Waals surface area contributed by atoms with E-state index in [0.717, 1.165) is 69.6 Å². The Hall–Kier alpha value is -1.59. The van der Waals surface area contributed by atoms with Gasteiger partial charge in [0.25, 0.3) is 0 Å². The van der Waals surface area contributed by atoms with Crippen LogP contribution in [-0.2, 0) is 28.6 Å². The highest BCUT2D eigenvalue weighted by Gasteiger charge is 2.19. The fraction of sp³-hybridized carbons (Fsp3) is 0.952. The largest absolute Gasteiger partial charge is 0.462 e. The predicted octanol–water partition coefficient (Wildman–Crippen LogP) is 20.4. The lowest BCUT2D eigenvalue weighted by Gasteiger charge is -2.18. The summed E-state index contributed by atoms with van der Waals surface area (Å²) in [6.07, 6.45) is 59.8. The van der Waals surface area contributed by atoms with Crippen LogP contribution in [0, 0.1) is 11.8 Å². The summed E-state index contributed by atoms with van der Waals surface area (Å²) in [6.45, 7) is 11.4. The van der Waals surface area contributed by atoms with E-state index in [-0.39, 0.29) is 31.1 Å². The Bertz CT molecular complexity index is 1040. The van der Waals surface area contributed by atoms with E-state index >= 15 is 0 Å². The Labute approximate surface area is 425 Å².